The Morgan fingerprint density at radius 1 is 1.27 bits per heavy atom. The average Bonchev–Trinajstić information content (AvgIpc) is 3.26. The lowest BCUT2D eigenvalue weighted by atomic mass is 10.2. The number of thioether (sulfide) groups is 1. The molecule has 0 saturated heterocycles. The molecule has 0 radical (unpaired) electrons. The van der Waals surface area contributed by atoms with Crippen molar-refractivity contribution < 1.29 is 9.21 Å². The molecule has 2 heterocycles. The second kappa shape index (κ2) is 7.97. The van der Waals surface area contributed by atoms with Crippen LogP contribution in [0.5, 0.6) is 0 Å². The van der Waals surface area contributed by atoms with Gasteiger partial charge in [0.1, 0.15) is 5.76 Å². The number of hydrogen-bond acceptors (Lipinski definition) is 5. The summed E-state index contributed by atoms with van der Waals surface area (Å²) >= 11 is 7.37. The van der Waals surface area contributed by atoms with Crippen LogP contribution in [0.1, 0.15) is 12.7 Å². The van der Waals surface area contributed by atoms with Gasteiger partial charge in [0.05, 0.1) is 18.1 Å². The van der Waals surface area contributed by atoms with Crippen molar-refractivity contribution in [1.82, 2.24) is 19.7 Å². The van der Waals surface area contributed by atoms with Gasteiger partial charge in [-0.05, 0) is 43.3 Å². The van der Waals surface area contributed by atoms with E-state index >= 15 is 0 Å². The maximum atomic E-state index is 12.2. The molecule has 0 unspecified atom stereocenters. The van der Waals surface area contributed by atoms with Crippen molar-refractivity contribution in [3.8, 4) is 11.4 Å². The Kier molecular flexibility index (Phi) is 5.68. The second-order valence-electron chi connectivity index (χ2n) is 5.97. The first-order chi connectivity index (χ1) is 12.5. The van der Waals surface area contributed by atoms with E-state index in [-0.39, 0.29) is 11.2 Å². The van der Waals surface area contributed by atoms with Crippen LogP contribution in [0.3, 0.4) is 0 Å². The summed E-state index contributed by atoms with van der Waals surface area (Å²) in [4.78, 5) is 13.8. The van der Waals surface area contributed by atoms with Crippen molar-refractivity contribution >= 4 is 29.3 Å². The molecule has 1 amide bonds. The highest BCUT2D eigenvalue weighted by molar-refractivity contribution is 8.00. The molecule has 0 saturated carbocycles. The number of rotatable bonds is 6. The van der Waals surface area contributed by atoms with E-state index in [4.69, 9.17) is 16.0 Å². The lowest BCUT2D eigenvalue weighted by molar-refractivity contribution is -0.127. The highest BCUT2D eigenvalue weighted by Gasteiger charge is 2.22. The SMILES string of the molecule is C[C@H](Sc1nnc(-c2ccc(Cl)cc2)n1Cc1ccco1)C(=O)N(C)C. The van der Waals surface area contributed by atoms with Crippen LogP contribution in [0, 0.1) is 0 Å². The van der Waals surface area contributed by atoms with E-state index in [1.807, 2.05) is 47.9 Å². The molecule has 8 heteroatoms. The fourth-order valence-electron chi connectivity index (χ4n) is 2.46. The summed E-state index contributed by atoms with van der Waals surface area (Å²) < 4.78 is 7.43. The number of hydrogen-bond donors (Lipinski definition) is 0. The molecule has 0 aliphatic rings. The summed E-state index contributed by atoms with van der Waals surface area (Å²) in [6.45, 7) is 2.34. The molecule has 0 fully saturated rings. The van der Waals surface area contributed by atoms with Crippen LogP contribution >= 0.6 is 23.4 Å². The normalized spacial score (nSPS) is 12.2. The number of aromatic nitrogens is 3. The fourth-order valence-corrected chi connectivity index (χ4v) is 3.58. The Morgan fingerprint density at radius 2 is 2.00 bits per heavy atom. The predicted molar refractivity (Wildman–Crippen MR) is 102 cm³/mol. The van der Waals surface area contributed by atoms with E-state index < -0.39 is 0 Å². The van der Waals surface area contributed by atoms with Gasteiger partial charge in [-0.25, -0.2) is 0 Å². The summed E-state index contributed by atoms with van der Waals surface area (Å²) in [5, 5.41) is 9.69. The molecule has 0 spiro atoms. The summed E-state index contributed by atoms with van der Waals surface area (Å²) in [6, 6.07) is 11.2. The smallest absolute Gasteiger partial charge is 0.235 e. The van der Waals surface area contributed by atoms with Gasteiger partial charge in [-0.2, -0.15) is 0 Å². The molecule has 3 rings (SSSR count). The number of benzene rings is 1. The zero-order valence-corrected chi connectivity index (χ0v) is 16.3. The molecule has 0 N–H and O–H groups in total. The lowest BCUT2D eigenvalue weighted by Gasteiger charge is -2.16. The van der Waals surface area contributed by atoms with Gasteiger partial charge in [-0.15, -0.1) is 10.2 Å². The first kappa shape index (κ1) is 18.5. The number of carbonyl (C=O) groups excluding carboxylic acids is 1. The first-order valence-corrected chi connectivity index (χ1v) is 9.31. The van der Waals surface area contributed by atoms with Crippen LogP contribution in [0.4, 0.5) is 0 Å². The van der Waals surface area contributed by atoms with Crippen LogP contribution in [0.2, 0.25) is 5.02 Å². The van der Waals surface area contributed by atoms with Gasteiger partial charge in [0, 0.05) is 24.7 Å². The van der Waals surface area contributed by atoms with Gasteiger partial charge in [0.25, 0.3) is 0 Å². The van der Waals surface area contributed by atoms with Gasteiger partial charge >= 0.3 is 0 Å². The standard InChI is InChI=1S/C18H19ClN4O2S/c1-12(17(24)22(2)3)26-18-21-20-16(13-6-8-14(19)9-7-13)23(18)11-15-5-4-10-25-15/h4-10,12H,11H2,1-3H3/t12-/m0/s1. The highest BCUT2D eigenvalue weighted by Crippen LogP contribution is 2.29. The molecule has 1 atom stereocenters. The van der Waals surface area contributed by atoms with Crippen molar-refractivity contribution in [2.24, 2.45) is 0 Å². The van der Waals surface area contributed by atoms with Crippen molar-refractivity contribution in [1.29, 1.82) is 0 Å². The molecule has 136 valence electrons. The van der Waals surface area contributed by atoms with E-state index in [0.717, 1.165) is 11.3 Å². The molecule has 0 aliphatic heterocycles. The number of carbonyl (C=O) groups is 1. The van der Waals surface area contributed by atoms with E-state index in [9.17, 15) is 4.79 Å². The van der Waals surface area contributed by atoms with Gasteiger partial charge in [-0.1, -0.05) is 23.4 Å². The molecular weight excluding hydrogens is 372 g/mol. The fraction of sp³-hybridized carbons (Fsp3) is 0.278. The van der Waals surface area contributed by atoms with Gasteiger partial charge in [0.2, 0.25) is 5.91 Å². The monoisotopic (exact) mass is 390 g/mol. The van der Waals surface area contributed by atoms with Gasteiger partial charge in [0.15, 0.2) is 11.0 Å². The van der Waals surface area contributed by atoms with E-state index in [2.05, 4.69) is 10.2 Å². The summed E-state index contributed by atoms with van der Waals surface area (Å²) in [6.07, 6.45) is 1.63. The Hall–Kier alpha value is -2.25. The maximum Gasteiger partial charge on any atom is 0.235 e. The minimum absolute atomic E-state index is 0.0237. The molecule has 1 aromatic carbocycles. The number of halogens is 1. The molecular formula is C18H19ClN4O2S. The van der Waals surface area contributed by atoms with E-state index in [0.29, 0.717) is 22.5 Å². The second-order valence-corrected chi connectivity index (χ2v) is 7.72. The van der Waals surface area contributed by atoms with Crippen LogP contribution in [-0.4, -0.2) is 44.9 Å². The largest absolute Gasteiger partial charge is 0.467 e. The Bertz CT molecular complexity index is 875. The van der Waals surface area contributed by atoms with E-state index in [1.54, 1.807) is 25.3 Å². The summed E-state index contributed by atoms with van der Waals surface area (Å²) in [5.74, 6) is 1.51. The van der Waals surface area contributed by atoms with Gasteiger partial charge < -0.3 is 9.32 Å². The zero-order chi connectivity index (χ0) is 18.7. The van der Waals surface area contributed by atoms with Crippen LogP contribution in [0.25, 0.3) is 11.4 Å². The Labute approximate surface area is 161 Å². The third-order valence-electron chi connectivity index (χ3n) is 3.78. The lowest BCUT2D eigenvalue weighted by Crippen LogP contribution is -2.29. The van der Waals surface area contributed by atoms with Crippen LogP contribution < -0.4 is 0 Å². The van der Waals surface area contributed by atoms with Crippen molar-refractivity contribution in [2.75, 3.05) is 14.1 Å². The number of nitrogens with zero attached hydrogens (tertiary/aromatic N) is 4. The Morgan fingerprint density at radius 3 is 2.62 bits per heavy atom. The molecule has 6 nitrogen and oxygen atoms in total. The predicted octanol–water partition coefficient (Wildman–Crippen LogP) is 3.81. The zero-order valence-electron chi connectivity index (χ0n) is 14.7. The topological polar surface area (TPSA) is 64.2 Å². The van der Waals surface area contributed by atoms with Gasteiger partial charge in [-0.3, -0.25) is 9.36 Å². The number of amides is 1. The molecule has 26 heavy (non-hydrogen) atoms. The molecule has 2 aromatic heterocycles. The number of furan rings is 1. The summed E-state index contributed by atoms with van der Waals surface area (Å²) in [5.41, 5.74) is 0.895. The first-order valence-electron chi connectivity index (χ1n) is 8.05. The van der Waals surface area contributed by atoms with E-state index in [1.165, 1.54) is 11.8 Å². The Balaban J connectivity index is 1.96. The quantitative estimate of drug-likeness (QED) is 0.599. The average molecular weight is 391 g/mol. The van der Waals surface area contributed by atoms with Crippen molar-refractivity contribution in [3.05, 3.63) is 53.4 Å². The third-order valence-corrected chi connectivity index (χ3v) is 5.10. The summed E-state index contributed by atoms with van der Waals surface area (Å²) in [7, 11) is 3.48. The minimum atomic E-state index is -0.275. The third kappa shape index (κ3) is 4.11. The van der Waals surface area contributed by atoms with Crippen LogP contribution in [0.15, 0.2) is 52.2 Å². The van der Waals surface area contributed by atoms with Crippen molar-refractivity contribution in [2.45, 2.75) is 23.9 Å². The highest BCUT2D eigenvalue weighted by atomic mass is 35.5. The molecule has 0 aliphatic carbocycles. The maximum absolute atomic E-state index is 12.2. The molecule has 3 aromatic rings. The van der Waals surface area contributed by atoms with Crippen molar-refractivity contribution in [3.63, 3.8) is 0 Å². The molecule has 0 bridgehead atoms. The minimum Gasteiger partial charge on any atom is -0.467 e. The van der Waals surface area contributed by atoms with Crippen LogP contribution in [-0.2, 0) is 11.3 Å².